The lowest BCUT2D eigenvalue weighted by molar-refractivity contribution is 0.468. The van der Waals surface area contributed by atoms with Crippen molar-refractivity contribution >= 4 is 15.9 Å². The highest BCUT2D eigenvalue weighted by Gasteiger charge is 2.20. The van der Waals surface area contributed by atoms with Crippen LogP contribution in [-0.4, -0.2) is 22.8 Å². The summed E-state index contributed by atoms with van der Waals surface area (Å²) in [6.07, 6.45) is 3.33. The number of nitrogens with one attached hydrogen (secondary N) is 1. The van der Waals surface area contributed by atoms with Gasteiger partial charge in [-0.3, -0.25) is 0 Å². The van der Waals surface area contributed by atoms with Crippen molar-refractivity contribution in [2.75, 3.05) is 6.54 Å². The number of furan rings is 1. The lowest BCUT2D eigenvalue weighted by Gasteiger charge is -1.97. The third-order valence-electron chi connectivity index (χ3n) is 2.60. The summed E-state index contributed by atoms with van der Waals surface area (Å²) in [7, 11) is 0. The summed E-state index contributed by atoms with van der Waals surface area (Å²) >= 11 is 3.23. The average Bonchev–Trinajstić information content (AvgIpc) is 2.85. The minimum Gasteiger partial charge on any atom is -0.444 e. The maximum atomic E-state index is 5.51. The Hall–Kier alpha value is -1.14. The van der Waals surface area contributed by atoms with Gasteiger partial charge in [0, 0.05) is 19.0 Å². The van der Waals surface area contributed by atoms with Crippen molar-refractivity contribution in [2.45, 2.75) is 25.3 Å². The Bertz CT molecular complexity index is 504. The molecule has 2 heterocycles. The molecule has 0 saturated heterocycles. The molecule has 2 aromatic rings. The van der Waals surface area contributed by atoms with Crippen molar-refractivity contribution in [3.63, 3.8) is 0 Å². The maximum Gasteiger partial charge on any atom is 0.283 e. The second kappa shape index (κ2) is 4.62. The first-order chi connectivity index (χ1) is 8.31. The summed E-state index contributed by atoms with van der Waals surface area (Å²) in [5.74, 6) is 1.66. The van der Waals surface area contributed by atoms with E-state index in [1.165, 1.54) is 12.8 Å². The molecule has 3 rings (SSSR count). The molecule has 0 amide bonds. The van der Waals surface area contributed by atoms with E-state index in [0.717, 1.165) is 13.0 Å². The molecule has 5 nitrogen and oxygen atoms in total. The van der Waals surface area contributed by atoms with Gasteiger partial charge in [0.2, 0.25) is 5.89 Å². The Morgan fingerprint density at radius 1 is 1.29 bits per heavy atom. The number of aromatic nitrogens is 2. The van der Waals surface area contributed by atoms with Crippen LogP contribution >= 0.6 is 15.9 Å². The van der Waals surface area contributed by atoms with Crippen LogP contribution < -0.4 is 5.32 Å². The number of rotatable bonds is 5. The van der Waals surface area contributed by atoms with Gasteiger partial charge in [-0.15, -0.1) is 10.2 Å². The third kappa shape index (κ3) is 2.76. The highest BCUT2D eigenvalue weighted by molar-refractivity contribution is 9.10. The molecule has 90 valence electrons. The Balaban J connectivity index is 1.61. The molecule has 1 fully saturated rings. The fourth-order valence-electron chi connectivity index (χ4n) is 1.55. The van der Waals surface area contributed by atoms with Gasteiger partial charge >= 0.3 is 0 Å². The first-order valence-electron chi connectivity index (χ1n) is 5.63. The molecule has 1 N–H and O–H groups in total. The van der Waals surface area contributed by atoms with E-state index in [1.807, 2.05) is 0 Å². The van der Waals surface area contributed by atoms with Crippen LogP contribution in [0.1, 0.15) is 18.7 Å². The molecule has 2 aromatic heterocycles. The molecule has 0 aliphatic heterocycles. The highest BCUT2D eigenvalue weighted by atomic mass is 79.9. The molecule has 0 aromatic carbocycles. The Kier molecular flexibility index (Phi) is 2.98. The molecule has 1 aliphatic carbocycles. The molecule has 17 heavy (non-hydrogen) atoms. The summed E-state index contributed by atoms with van der Waals surface area (Å²) in [5, 5.41) is 11.3. The fraction of sp³-hybridized carbons (Fsp3) is 0.455. The fourth-order valence-corrected chi connectivity index (χ4v) is 1.86. The highest BCUT2D eigenvalue weighted by Crippen LogP contribution is 2.24. The van der Waals surface area contributed by atoms with Crippen LogP contribution in [0.4, 0.5) is 0 Å². The second-order valence-corrected chi connectivity index (χ2v) is 4.86. The van der Waals surface area contributed by atoms with Gasteiger partial charge in [0.25, 0.3) is 5.89 Å². The van der Waals surface area contributed by atoms with E-state index in [-0.39, 0.29) is 0 Å². The van der Waals surface area contributed by atoms with Gasteiger partial charge in [-0.05, 0) is 40.9 Å². The molecule has 0 bridgehead atoms. The van der Waals surface area contributed by atoms with Crippen molar-refractivity contribution in [1.82, 2.24) is 15.5 Å². The zero-order valence-electron chi connectivity index (χ0n) is 9.15. The maximum absolute atomic E-state index is 5.51. The van der Waals surface area contributed by atoms with Gasteiger partial charge in [-0.25, -0.2) is 0 Å². The number of hydrogen-bond donors (Lipinski definition) is 1. The first kappa shape index (κ1) is 11.0. The molecule has 0 atom stereocenters. The summed E-state index contributed by atoms with van der Waals surface area (Å²) in [4.78, 5) is 0. The summed E-state index contributed by atoms with van der Waals surface area (Å²) in [6.45, 7) is 0.883. The predicted octanol–water partition coefficient (Wildman–Crippen LogP) is 2.39. The molecule has 0 unspecified atom stereocenters. The van der Waals surface area contributed by atoms with Crippen molar-refractivity contribution in [1.29, 1.82) is 0 Å². The molecular weight excluding hydrogens is 286 g/mol. The van der Waals surface area contributed by atoms with Crippen LogP contribution in [0.3, 0.4) is 0 Å². The van der Waals surface area contributed by atoms with Crippen molar-refractivity contribution < 1.29 is 8.83 Å². The summed E-state index contributed by atoms with van der Waals surface area (Å²) in [6, 6.07) is 4.30. The van der Waals surface area contributed by atoms with Crippen molar-refractivity contribution in [3.05, 3.63) is 22.7 Å². The van der Waals surface area contributed by atoms with E-state index in [4.69, 9.17) is 8.83 Å². The molecular formula is C11H12BrN3O2. The van der Waals surface area contributed by atoms with E-state index < -0.39 is 0 Å². The molecule has 0 radical (unpaired) electrons. The number of hydrogen-bond acceptors (Lipinski definition) is 5. The van der Waals surface area contributed by atoms with Crippen LogP contribution in [0.2, 0.25) is 0 Å². The van der Waals surface area contributed by atoms with Gasteiger partial charge in [0.1, 0.15) is 0 Å². The average molecular weight is 298 g/mol. The third-order valence-corrected chi connectivity index (χ3v) is 3.03. The topological polar surface area (TPSA) is 64.1 Å². The predicted molar refractivity (Wildman–Crippen MR) is 64.4 cm³/mol. The number of halogens is 1. The van der Waals surface area contributed by atoms with E-state index in [0.29, 0.717) is 28.3 Å². The minimum atomic E-state index is 0.428. The van der Waals surface area contributed by atoms with Crippen LogP contribution in [0, 0.1) is 0 Å². The Morgan fingerprint density at radius 3 is 2.88 bits per heavy atom. The van der Waals surface area contributed by atoms with Crippen LogP contribution in [-0.2, 0) is 6.42 Å². The zero-order valence-corrected chi connectivity index (χ0v) is 10.7. The van der Waals surface area contributed by atoms with Crippen molar-refractivity contribution in [2.24, 2.45) is 0 Å². The van der Waals surface area contributed by atoms with E-state index >= 15 is 0 Å². The smallest absolute Gasteiger partial charge is 0.283 e. The first-order valence-corrected chi connectivity index (χ1v) is 6.42. The Morgan fingerprint density at radius 2 is 2.18 bits per heavy atom. The SMILES string of the molecule is Brc1ccc(-c2nnc(CCNC3CC3)o2)o1. The molecule has 1 saturated carbocycles. The van der Waals surface area contributed by atoms with Gasteiger partial charge in [-0.1, -0.05) is 0 Å². The lowest BCUT2D eigenvalue weighted by atomic mass is 10.4. The summed E-state index contributed by atoms with van der Waals surface area (Å²) in [5.41, 5.74) is 0. The van der Waals surface area contributed by atoms with Crippen molar-refractivity contribution in [3.8, 4) is 11.7 Å². The van der Waals surface area contributed by atoms with Crippen LogP contribution in [0.25, 0.3) is 11.7 Å². The van der Waals surface area contributed by atoms with Gasteiger partial charge in [0.15, 0.2) is 10.4 Å². The molecule has 0 spiro atoms. The van der Waals surface area contributed by atoms with E-state index in [9.17, 15) is 0 Å². The quantitative estimate of drug-likeness (QED) is 0.918. The normalized spacial score (nSPS) is 15.4. The standard InChI is InChI=1S/C11H12BrN3O2/c12-9-4-3-8(16-9)11-15-14-10(17-11)5-6-13-7-1-2-7/h3-4,7,13H,1-2,5-6H2. The van der Waals surface area contributed by atoms with Gasteiger partial charge in [0.05, 0.1) is 0 Å². The summed E-state index contributed by atoms with van der Waals surface area (Å²) < 4.78 is 11.5. The lowest BCUT2D eigenvalue weighted by Crippen LogP contribution is -2.19. The monoisotopic (exact) mass is 297 g/mol. The van der Waals surface area contributed by atoms with E-state index in [1.54, 1.807) is 12.1 Å². The Labute approximate surface area is 107 Å². The molecule has 6 heteroatoms. The zero-order chi connectivity index (χ0) is 11.7. The minimum absolute atomic E-state index is 0.428. The molecule has 1 aliphatic rings. The number of nitrogens with zero attached hydrogens (tertiary/aromatic N) is 2. The van der Waals surface area contributed by atoms with Gasteiger partial charge in [-0.2, -0.15) is 0 Å². The van der Waals surface area contributed by atoms with Crippen LogP contribution in [0.5, 0.6) is 0 Å². The second-order valence-electron chi connectivity index (χ2n) is 4.08. The van der Waals surface area contributed by atoms with Gasteiger partial charge < -0.3 is 14.2 Å². The largest absolute Gasteiger partial charge is 0.444 e. The van der Waals surface area contributed by atoms with E-state index in [2.05, 4.69) is 31.4 Å². The van der Waals surface area contributed by atoms with Crippen LogP contribution in [0.15, 0.2) is 25.6 Å².